The molecular formula is C20H21NO5. The van der Waals surface area contributed by atoms with E-state index in [4.69, 9.17) is 9.47 Å². The molecule has 26 heavy (non-hydrogen) atoms. The van der Waals surface area contributed by atoms with Crippen molar-refractivity contribution in [2.24, 2.45) is 0 Å². The fourth-order valence-corrected chi connectivity index (χ4v) is 3.43. The molecule has 3 rings (SSSR count). The zero-order chi connectivity index (χ0) is 18.7. The first kappa shape index (κ1) is 17.9. The lowest BCUT2D eigenvalue weighted by atomic mass is 9.94. The van der Waals surface area contributed by atoms with E-state index >= 15 is 0 Å². The average Bonchev–Trinajstić information content (AvgIpc) is 3.05. The molecule has 0 radical (unpaired) electrons. The Balaban J connectivity index is 1.89. The van der Waals surface area contributed by atoms with Gasteiger partial charge in [-0.3, -0.25) is 4.79 Å². The minimum Gasteiger partial charge on any atom is -0.496 e. The Morgan fingerprint density at radius 1 is 1.12 bits per heavy atom. The molecule has 2 aromatic rings. The molecule has 0 spiro atoms. The van der Waals surface area contributed by atoms with Gasteiger partial charge in [-0.25, -0.2) is 4.79 Å². The number of aliphatic hydroxyl groups is 1. The van der Waals surface area contributed by atoms with Crippen LogP contribution in [0.25, 0.3) is 0 Å². The lowest BCUT2D eigenvalue weighted by Crippen LogP contribution is -2.56. The van der Waals surface area contributed by atoms with E-state index in [1.165, 1.54) is 14.2 Å². The SMILES string of the molecule is COC(=O)C1(NC(=O)c2ccc(OC)c(CO)c2)Cc2ccccc2C1. The summed E-state index contributed by atoms with van der Waals surface area (Å²) in [5.74, 6) is -0.376. The zero-order valence-corrected chi connectivity index (χ0v) is 14.7. The summed E-state index contributed by atoms with van der Waals surface area (Å²) in [6.07, 6.45) is 0.759. The smallest absolute Gasteiger partial charge is 0.332 e. The standard InChI is InChI=1S/C20H21NO5/c1-25-17-8-7-13(9-16(17)12-22)18(23)21-20(19(24)26-2)10-14-5-3-4-6-15(14)11-20/h3-9,22H,10-12H2,1-2H3,(H,21,23). The molecule has 0 saturated heterocycles. The van der Waals surface area contributed by atoms with E-state index in [1.807, 2.05) is 24.3 Å². The normalized spacial score (nSPS) is 14.4. The first-order valence-corrected chi connectivity index (χ1v) is 8.28. The van der Waals surface area contributed by atoms with Crippen molar-refractivity contribution in [3.05, 3.63) is 64.7 Å². The molecule has 6 heteroatoms. The van der Waals surface area contributed by atoms with Gasteiger partial charge in [0.25, 0.3) is 5.91 Å². The van der Waals surface area contributed by atoms with Gasteiger partial charge in [0.15, 0.2) is 0 Å². The molecule has 1 aliphatic rings. The number of benzene rings is 2. The van der Waals surface area contributed by atoms with Crippen LogP contribution in [0.2, 0.25) is 0 Å². The highest BCUT2D eigenvalue weighted by molar-refractivity contribution is 5.99. The number of carbonyl (C=O) groups excluding carboxylic acids is 2. The summed E-state index contributed by atoms with van der Waals surface area (Å²) < 4.78 is 10.1. The van der Waals surface area contributed by atoms with Crippen LogP contribution < -0.4 is 10.1 Å². The van der Waals surface area contributed by atoms with Gasteiger partial charge < -0.3 is 19.9 Å². The zero-order valence-electron chi connectivity index (χ0n) is 14.7. The fraction of sp³-hybridized carbons (Fsp3) is 0.300. The molecular weight excluding hydrogens is 334 g/mol. The molecule has 0 unspecified atom stereocenters. The third kappa shape index (κ3) is 3.15. The molecule has 6 nitrogen and oxygen atoms in total. The summed E-state index contributed by atoms with van der Waals surface area (Å²) in [6.45, 7) is -0.252. The highest BCUT2D eigenvalue weighted by atomic mass is 16.5. The van der Waals surface area contributed by atoms with Crippen LogP contribution in [-0.2, 0) is 29.0 Å². The van der Waals surface area contributed by atoms with Crippen molar-refractivity contribution in [1.82, 2.24) is 5.32 Å². The van der Waals surface area contributed by atoms with Crippen LogP contribution in [-0.4, -0.2) is 36.7 Å². The maximum absolute atomic E-state index is 12.8. The molecule has 0 heterocycles. The molecule has 0 aliphatic heterocycles. The van der Waals surface area contributed by atoms with Gasteiger partial charge >= 0.3 is 5.97 Å². The molecule has 1 aliphatic carbocycles. The summed E-state index contributed by atoms with van der Waals surface area (Å²) in [4.78, 5) is 25.3. The second-order valence-electron chi connectivity index (χ2n) is 6.33. The van der Waals surface area contributed by atoms with Crippen molar-refractivity contribution >= 4 is 11.9 Å². The van der Waals surface area contributed by atoms with Gasteiger partial charge in [0.1, 0.15) is 11.3 Å². The number of hydrogen-bond acceptors (Lipinski definition) is 5. The van der Waals surface area contributed by atoms with Gasteiger partial charge in [-0.2, -0.15) is 0 Å². The van der Waals surface area contributed by atoms with Crippen LogP contribution in [0.4, 0.5) is 0 Å². The lowest BCUT2D eigenvalue weighted by Gasteiger charge is -2.27. The van der Waals surface area contributed by atoms with E-state index in [1.54, 1.807) is 18.2 Å². The number of methoxy groups -OCH3 is 2. The second kappa shape index (κ2) is 7.17. The average molecular weight is 355 g/mol. The molecule has 136 valence electrons. The second-order valence-corrected chi connectivity index (χ2v) is 6.33. The summed E-state index contributed by atoms with van der Waals surface area (Å²) in [5, 5.41) is 12.3. The molecule has 0 atom stereocenters. The van der Waals surface area contributed by atoms with E-state index in [0.29, 0.717) is 29.7 Å². The van der Waals surface area contributed by atoms with Gasteiger partial charge in [-0.15, -0.1) is 0 Å². The van der Waals surface area contributed by atoms with E-state index in [0.717, 1.165) is 11.1 Å². The van der Waals surface area contributed by atoms with Gasteiger partial charge in [0.2, 0.25) is 0 Å². The van der Waals surface area contributed by atoms with E-state index in [2.05, 4.69) is 5.32 Å². The van der Waals surface area contributed by atoms with Gasteiger partial charge in [-0.1, -0.05) is 24.3 Å². The summed E-state index contributed by atoms with van der Waals surface area (Å²) in [6, 6.07) is 12.5. The van der Waals surface area contributed by atoms with Crippen molar-refractivity contribution < 1.29 is 24.2 Å². The number of amides is 1. The predicted molar refractivity (Wildman–Crippen MR) is 95.0 cm³/mol. The van der Waals surface area contributed by atoms with Crippen LogP contribution in [0, 0.1) is 0 Å². The van der Waals surface area contributed by atoms with Crippen LogP contribution in [0.5, 0.6) is 5.75 Å². The summed E-state index contributed by atoms with van der Waals surface area (Å²) >= 11 is 0. The van der Waals surface area contributed by atoms with Crippen LogP contribution in [0.1, 0.15) is 27.0 Å². The Kier molecular flexibility index (Phi) is 4.95. The van der Waals surface area contributed by atoms with Crippen LogP contribution in [0.15, 0.2) is 42.5 Å². The maximum Gasteiger partial charge on any atom is 0.332 e. The van der Waals surface area contributed by atoms with Gasteiger partial charge in [-0.05, 0) is 29.3 Å². The van der Waals surface area contributed by atoms with Crippen LogP contribution in [0.3, 0.4) is 0 Å². The predicted octanol–water partition coefficient (Wildman–Crippen LogP) is 1.63. The Bertz CT molecular complexity index is 821. The van der Waals surface area contributed by atoms with Crippen molar-refractivity contribution in [2.45, 2.75) is 25.0 Å². The first-order chi connectivity index (χ1) is 12.5. The summed E-state index contributed by atoms with van der Waals surface area (Å²) in [5.41, 5.74) is 1.75. The van der Waals surface area contributed by atoms with Crippen molar-refractivity contribution in [1.29, 1.82) is 0 Å². The molecule has 2 aromatic carbocycles. The summed E-state index contributed by atoms with van der Waals surface area (Å²) in [7, 11) is 2.81. The molecule has 0 fully saturated rings. The number of ether oxygens (including phenoxy) is 2. The van der Waals surface area contributed by atoms with Crippen LogP contribution >= 0.6 is 0 Å². The highest BCUT2D eigenvalue weighted by Gasteiger charge is 2.46. The Morgan fingerprint density at radius 2 is 1.77 bits per heavy atom. The Hall–Kier alpha value is -2.86. The van der Waals surface area contributed by atoms with E-state index in [9.17, 15) is 14.7 Å². The van der Waals surface area contributed by atoms with Crippen molar-refractivity contribution in [2.75, 3.05) is 14.2 Å². The number of nitrogens with one attached hydrogen (secondary N) is 1. The molecule has 0 saturated carbocycles. The Morgan fingerprint density at radius 3 is 2.31 bits per heavy atom. The van der Waals surface area contributed by atoms with Gasteiger partial charge in [0, 0.05) is 24.0 Å². The van der Waals surface area contributed by atoms with Crippen molar-refractivity contribution in [3.8, 4) is 5.75 Å². The lowest BCUT2D eigenvalue weighted by molar-refractivity contribution is -0.147. The maximum atomic E-state index is 12.8. The van der Waals surface area contributed by atoms with E-state index in [-0.39, 0.29) is 6.61 Å². The minimum atomic E-state index is -1.13. The molecule has 2 N–H and O–H groups in total. The van der Waals surface area contributed by atoms with E-state index < -0.39 is 17.4 Å². The number of rotatable bonds is 5. The minimum absolute atomic E-state index is 0.252. The quantitative estimate of drug-likeness (QED) is 0.797. The first-order valence-electron chi connectivity index (χ1n) is 8.28. The molecule has 0 bridgehead atoms. The highest BCUT2D eigenvalue weighted by Crippen LogP contribution is 2.31. The fourth-order valence-electron chi connectivity index (χ4n) is 3.43. The van der Waals surface area contributed by atoms with Crippen molar-refractivity contribution in [3.63, 3.8) is 0 Å². The van der Waals surface area contributed by atoms with Gasteiger partial charge in [0.05, 0.1) is 20.8 Å². The number of esters is 1. The number of carbonyl (C=O) groups is 2. The Labute approximate surface area is 151 Å². The largest absolute Gasteiger partial charge is 0.496 e. The monoisotopic (exact) mass is 355 g/mol. The number of aliphatic hydroxyl groups excluding tert-OH is 1. The topological polar surface area (TPSA) is 84.9 Å². The molecule has 1 amide bonds. The number of fused-ring (bicyclic) bond motifs is 1. The number of hydrogen-bond donors (Lipinski definition) is 2. The molecule has 0 aromatic heterocycles. The third-order valence-electron chi connectivity index (χ3n) is 4.74. The third-order valence-corrected chi connectivity index (χ3v) is 4.74.